The van der Waals surface area contributed by atoms with E-state index < -0.39 is 10.0 Å². The SMILES string of the molecule is CCC(C)Cc1nnc(S(N)(=O)=O)n1C. The molecular formula is C8H16N4O2S. The van der Waals surface area contributed by atoms with Crippen molar-refractivity contribution in [2.24, 2.45) is 18.1 Å². The van der Waals surface area contributed by atoms with Crippen LogP contribution in [0.25, 0.3) is 0 Å². The Morgan fingerprint density at radius 2 is 2.07 bits per heavy atom. The van der Waals surface area contributed by atoms with Gasteiger partial charge < -0.3 is 4.57 Å². The second kappa shape index (κ2) is 4.28. The third-order valence-electron chi connectivity index (χ3n) is 2.41. The van der Waals surface area contributed by atoms with E-state index in [2.05, 4.69) is 24.0 Å². The fraction of sp³-hybridized carbons (Fsp3) is 0.750. The van der Waals surface area contributed by atoms with Crippen LogP contribution in [-0.2, 0) is 23.5 Å². The van der Waals surface area contributed by atoms with Crippen molar-refractivity contribution in [3.63, 3.8) is 0 Å². The minimum atomic E-state index is -3.77. The molecule has 0 spiro atoms. The van der Waals surface area contributed by atoms with Gasteiger partial charge in [0, 0.05) is 13.5 Å². The summed E-state index contributed by atoms with van der Waals surface area (Å²) in [6.07, 6.45) is 1.72. The highest BCUT2D eigenvalue weighted by Crippen LogP contribution is 2.11. The maximum absolute atomic E-state index is 11.1. The van der Waals surface area contributed by atoms with Crippen LogP contribution in [-0.4, -0.2) is 23.2 Å². The van der Waals surface area contributed by atoms with Crippen molar-refractivity contribution in [2.45, 2.75) is 31.8 Å². The average Bonchev–Trinajstić information content (AvgIpc) is 2.47. The van der Waals surface area contributed by atoms with Crippen molar-refractivity contribution in [3.8, 4) is 0 Å². The average molecular weight is 232 g/mol. The molecule has 0 radical (unpaired) electrons. The molecule has 0 amide bonds. The summed E-state index contributed by atoms with van der Waals surface area (Å²) in [7, 11) is -2.16. The molecule has 2 N–H and O–H groups in total. The summed E-state index contributed by atoms with van der Waals surface area (Å²) in [6.45, 7) is 4.15. The number of primary sulfonamides is 1. The molecule has 6 nitrogen and oxygen atoms in total. The third-order valence-corrected chi connectivity index (χ3v) is 3.27. The highest BCUT2D eigenvalue weighted by molar-refractivity contribution is 7.89. The van der Waals surface area contributed by atoms with Gasteiger partial charge in [-0.1, -0.05) is 20.3 Å². The van der Waals surface area contributed by atoms with Gasteiger partial charge in [0.05, 0.1) is 0 Å². The molecule has 86 valence electrons. The van der Waals surface area contributed by atoms with Crippen molar-refractivity contribution in [1.82, 2.24) is 14.8 Å². The van der Waals surface area contributed by atoms with E-state index >= 15 is 0 Å². The van der Waals surface area contributed by atoms with Crippen LogP contribution in [0.1, 0.15) is 26.1 Å². The molecule has 0 bridgehead atoms. The van der Waals surface area contributed by atoms with Gasteiger partial charge in [0.15, 0.2) is 0 Å². The van der Waals surface area contributed by atoms with Crippen LogP contribution < -0.4 is 5.14 Å². The maximum atomic E-state index is 11.1. The standard InChI is InChI=1S/C8H16N4O2S/c1-4-6(2)5-7-10-11-8(12(7)3)15(9,13)14/h6H,4-5H2,1-3H3,(H2,9,13,14). The Labute approximate surface area is 89.5 Å². The highest BCUT2D eigenvalue weighted by atomic mass is 32.2. The van der Waals surface area contributed by atoms with Gasteiger partial charge in [-0.05, 0) is 5.92 Å². The van der Waals surface area contributed by atoms with Gasteiger partial charge in [-0.25, -0.2) is 13.6 Å². The number of hydrogen-bond donors (Lipinski definition) is 1. The molecule has 0 saturated carbocycles. The minimum Gasteiger partial charge on any atom is -0.304 e. The van der Waals surface area contributed by atoms with E-state index in [1.54, 1.807) is 7.05 Å². The van der Waals surface area contributed by atoms with E-state index in [1.807, 2.05) is 0 Å². The summed E-state index contributed by atoms with van der Waals surface area (Å²) < 4.78 is 23.6. The summed E-state index contributed by atoms with van der Waals surface area (Å²) in [4.78, 5) is 0. The summed E-state index contributed by atoms with van der Waals surface area (Å²) in [5.74, 6) is 1.09. The Morgan fingerprint density at radius 3 is 2.47 bits per heavy atom. The topological polar surface area (TPSA) is 90.9 Å². The molecule has 1 rings (SSSR count). The van der Waals surface area contributed by atoms with Crippen molar-refractivity contribution < 1.29 is 8.42 Å². The summed E-state index contributed by atoms with van der Waals surface area (Å²) in [5, 5.41) is 12.2. The Bertz CT molecular complexity index is 437. The van der Waals surface area contributed by atoms with E-state index in [9.17, 15) is 8.42 Å². The number of aromatic nitrogens is 3. The van der Waals surface area contributed by atoms with Crippen LogP contribution in [0.5, 0.6) is 0 Å². The number of sulfonamides is 1. The summed E-state index contributed by atoms with van der Waals surface area (Å²) in [5.41, 5.74) is 0. The number of rotatable bonds is 4. The number of hydrogen-bond acceptors (Lipinski definition) is 4. The van der Waals surface area contributed by atoms with Crippen LogP contribution >= 0.6 is 0 Å². The molecule has 0 aromatic carbocycles. The molecule has 1 unspecified atom stereocenters. The molecule has 0 aliphatic heterocycles. The van der Waals surface area contributed by atoms with Crippen LogP contribution in [0, 0.1) is 5.92 Å². The number of nitrogens with two attached hydrogens (primary N) is 1. The number of nitrogens with zero attached hydrogens (tertiary/aromatic N) is 3. The van der Waals surface area contributed by atoms with E-state index in [0.717, 1.165) is 6.42 Å². The van der Waals surface area contributed by atoms with Crippen molar-refractivity contribution in [1.29, 1.82) is 0 Å². The lowest BCUT2D eigenvalue weighted by Crippen LogP contribution is -2.18. The first kappa shape index (κ1) is 12.1. The first-order valence-electron chi connectivity index (χ1n) is 4.77. The molecule has 1 aromatic heterocycles. The van der Waals surface area contributed by atoms with Crippen LogP contribution in [0.3, 0.4) is 0 Å². The lowest BCUT2D eigenvalue weighted by molar-refractivity contribution is 0.525. The zero-order valence-corrected chi connectivity index (χ0v) is 9.95. The highest BCUT2D eigenvalue weighted by Gasteiger charge is 2.19. The van der Waals surface area contributed by atoms with Gasteiger partial charge >= 0.3 is 0 Å². The Balaban J connectivity index is 3.00. The summed E-state index contributed by atoms with van der Waals surface area (Å²) in [6, 6.07) is 0. The lowest BCUT2D eigenvalue weighted by atomic mass is 10.1. The molecule has 15 heavy (non-hydrogen) atoms. The smallest absolute Gasteiger partial charge is 0.273 e. The van der Waals surface area contributed by atoms with Gasteiger partial charge in [0.2, 0.25) is 0 Å². The molecule has 0 saturated heterocycles. The molecule has 1 heterocycles. The molecular weight excluding hydrogens is 216 g/mol. The Hall–Kier alpha value is -0.950. The van der Waals surface area contributed by atoms with Crippen molar-refractivity contribution in [3.05, 3.63) is 5.82 Å². The monoisotopic (exact) mass is 232 g/mol. The Kier molecular flexibility index (Phi) is 3.46. The molecule has 0 aliphatic rings. The van der Waals surface area contributed by atoms with Crippen LogP contribution in [0.2, 0.25) is 0 Å². The molecule has 1 aromatic rings. The zero-order valence-electron chi connectivity index (χ0n) is 9.14. The lowest BCUT2D eigenvalue weighted by Gasteiger charge is -2.07. The fourth-order valence-corrected chi connectivity index (χ4v) is 1.87. The van der Waals surface area contributed by atoms with Crippen molar-refractivity contribution >= 4 is 10.0 Å². The first-order valence-corrected chi connectivity index (χ1v) is 6.32. The van der Waals surface area contributed by atoms with E-state index in [1.165, 1.54) is 4.57 Å². The Morgan fingerprint density at radius 1 is 1.47 bits per heavy atom. The maximum Gasteiger partial charge on any atom is 0.273 e. The first-order chi connectivity index (χ1) is 6.86. The van der Waals surface area contributed by atoms with Gasteiger partial charge in [-0.15, -0.1) is 10.2 Å². The van der Waals surface area contributed by atoms with E-state index in [-0.39, 0.29) is 5.16 Å². The molecule has 7 heteroatoms. The minimum absolute atomic E-state index is 0.180. The quantitative estimate of drug-likeness (QED) is 0.794. The van der Waals surface area contributed by atoms with Crippen molar-refractivity contribution in [2.75, 3.05) is 0 Å². The normalized spacial score (nSPS) is 14.1. The predicted octanol–water partition coefficient (Wildman–Crippen LogP) is 0.0511. The fourth-order valence-electron chi connectivity index (χ4n) is 1.23. The zero-order chi connectivity index (χ0) is 11.6. The largest absolute Gasteiger partial charge is 0.304 e. The van der Waals surface area contributed by atoms with Gasteiger partial charge in [0.25, 0.3) is 15.2 Å². The second-order valence-corrected chi connectivity index (χ2v) is 5.18. The molecule has 0 fully saturated rings. The van der Waals surface area contributed by atoms with Gasteiger partial charge in [-0.3, -0.25) is 0 Å². The van der Waals surface area contributed by atoms with Gasteiger partial charge in [0.1, 0.15) is 5.82 Å². The third kappa shape index (κ3) is 2.75. The second-order valence-electron chi connectivity index (χ2n) is 3.72. The van der Waals surface area contributed by atoms with E-state index in [4.69, 9.17) is 5.14 Å². The molecule has 0 aliphatic carbocycles. The summed E-state index contributed by atoms with van der Waals surface area (Å²) >= 11 is 0. The molecule has 1 atom stereocenters. The van der Waals surface area contributed by atoms with E-state index in [0.29, 0.717) is 18.2 Å². The van der Waals surface area contributed by atoms with Crippen LogP contribution in [0.4, 0.5) is 0 Å². The van der Waals surface area contributed by atoms with Crippen LogP contribution in [0.15, 0.2) is 5.16 Å². The van der Waals surface area contributed by atoms with Gasteiger partial charge in [-0.2, -0.15) is 0 Å². The predicted molar refractivity (Wildman–Crippen MR) is 55.5 cm³/mol.